The molecule has 0 aliphatic rings. The second-order valence-corrected chi connectivity index (χ2v) is 4.71. The van der Waals surface area contributed by atoms with Gasteiger partial charge in [-0.2, -0.15) is 0 Å². The van der Waals surface area contributed by atoms with E-state index in [1.807, 2.05) is 0 Å². The van der Waals surface area contributed by atoms with E-state index in [-0.39, 0.29) is 6.04 Å². The second kappa shape index (κ2) is 5.90. The van der Waals surface area contributed by atoms with Crippen LogP contribution in [-0.4, -0.2) is 19.1 Å². The standard InChI is InChI=1S/C14H24N2/c1-5-16(10-12(3)13(4)15)14-8-6-11(2)7-9-14/h6-9,12-13H,5,10,15H2,1-4H3. The molecule has 0 heterocycles. The summed E-state index contributed by atoms with van der Waals surface area (Å²) in [5.41, 5.74) is 8.51. The van der Waals surface area contributed by atoms with Crippen LogP contribution in [0.5, 0.6) is 0 Å². The molecule has 90 valence electrons. The first-order valence-electron chi connectivity index (χ1n) is 6.11. The number of aryl methyl sites for hydroxylation is 1. The van der Waals surface area contributed by atoms with Crippen molar-refractivity contribution < 1.29 is 0 Å². The van der Waals surface area contributed by atoms with Crippen LogP contribution in [0.4, 0.5) is 5.69 Å². The third-order valence-electron chi connectivity index (χ3n) is 3.19. The second-order valence-electron chi connectivity index (χ2n) is 4.71. The molecular weight excluding hydrogens is 196 g/mol. The molecular formula is C14H24N2. The van der Waals surface area contributed by atoms with Gasteiger partial charge < -0.3 is 10.6 Å². The van der Waals surface area contributed by atoms with Crippen molar-refractivity contribution in [3.05, 3.63) is 29.8 Å². The Balaban J connectivity index is 2.70. The van der Waals surface area contributed by atoms with Crippen LogP contribution in [0, 0.1) is 12.8 Å². The molecule has 16 heavy (non-hydrogen) atoms. The average Bonchev–Trinajstić information content (AvgIpc) is 2.26. The number of hydrogen-bond donors (Lipinski definition) is 1. The summed E-state index contributed by atoms with van der Waals surface area (Å²) in [5.74, 6) is 0.515. The number of anilines is 1. The predicted octanol–water partition coefficient (Wildman–Crippen LogP) is 2.80. The lowest BCUT2D eigenvalue weighted by molar-refractivity contribution is 0.478. The fourth-order valence-electron chi connectivity index (χ4n) is 1.69. The van der Waals surface area contributed by atoms with Gasteiger partial charge in [0.1, 0.15) is 0 Å². The minimum absolute atomic E-state index is 0.250. The van der Waals surface area contributed by atoms with Gasteiger partial charge in [0.25, 0.3) is 0 Å². The highest BCUT2D eigenvalue weighted by Crippen LogP contribution is 2.17. The number of nitrogens with zero attached hydrogens (tertiary/aromatic N) is 1. The van der Waals surface area contributed by atoms with E-state index < -0.39 is 0 Å². The number of benzene rings is 1. The van der Waals surface area contributed by atoms with Gasteiger partial charge in [-0.05, 0) is 38.8 Å². The fraction of sp³-hybridized carbons (Fsp3) is 0.571. The Kier molecular flexibility index (Phi) is 4.81. The molecule has 2 unspecified atom stereocenters. The SMILES string of the molecule is CCN(CC(C)C(C)N)c1ccc(C)cc1. The molecule has 0 radical (unpaired) electrons. The molecule has 1 aromatic carbocycles. The van der Waals surface area contributed by atoms with Gasteiger partial charge in [0.15, 0.2) is 0 Å². The molecule has 2 heteroatoms. The van der Waals surface area contributed by atoms with E-state index in [4.69, 9.17) is 5.73 Å². The zero-order valence-corrected chi connectivity index (χ0v) is 10.9. The van der Waals surface area contributed by atoms with Crippen molar-refractivity contribution in [2.24, 2.45) is 11.7 Å². The molecule has 0 saturated carbocycles. The molecule has 0 aliphatic carbocycles. The molecule has 0 aliphatic heterocycles. The van der Waals surface area contributed by atoms with Crippen LogP contribution in [-0.2, 0) is 0 Å². The number of rotatable bonds is 5. The molecule has 0 fully saturated rings. The van der Waals surface area contributed by atoms with E-state index in [2.05, 4.69) is 56.9 Å². The highest BCUT2D eigenvalue weighted by Gasteiger charge is 2.12. The van der Waals surface area contributed by atoms with E-state index >= 15 is 0 Å². The van der Waals surface area contributed by atoms with Crippen molar-refractivity contribution in [1.29, 1.82) is 0 Å². The molecule has 1 aromatic rings. The van der Waals surface area contributed by atoms with Crippen molar-refractivity contribution in [1.82, 2.24) is 0 Å². The van der Waals surface area contributed by atoms with Gasteiger partial charge in [0.2, 0.25) is 0 Å². The summed E-state index contributed by atoms with van der Waals surface area (Å²) < 4.78 is 0. The van der Waals surface area contributed by atoms with Gasteiger partial charge in [-0.1, -0.05) is 24.6 Å². The molecule has 0 amide bonds. The van der Waals surface area contributed by atoms with Crippen LogP contribution in [0.15, 0.2) is 24.3 Å². The largest absolute Gasteiger partial charge is 0.371 e. The topological polar surface area (TPSA) is 29.3 Å². The molecule has 2 atom stereocenters. The quantitative estimate of drug-likeness (QED) is 0.826. The van der Waals surface area contributed by atoms with Crippen molar-refractivity contribution in [2.75, 3.05) is 18.0 Å². The van der Waals surface area contributed by atoms with Crippen molar-refractivity contribution >= 4 is 5.69 Å². The van der Waals surface area contributed by atoms with Crippen LogP contribution in [0.1, 0.15) is 26.3 Å². The van der Waals surface area contributed by atoms with Gasteiger partial charge in [0.05, 0.1) is 0 Å². The molecule has 0 spiro atoms. The summed E-state index contributed by atoms with van der Waals surface area (Å²) in [7, 11) is 0. The summed E-state index contributed by atoms with van der Waals surface area (Å²) in [6.07, 6.45) is 0. The molecule has 0 bridgehead atoms. The highest BCUT2D eigenvalue weighted by atomic mass is 15.1. The van der Waals surface area contributed by atoms with Crippen LogP contribution in [0.25, 0.3) is 0 Å². The molecule has 0 saturated heterocycles. The third kappa shape index (κ3) is 3.53. The predicted molar refractivity (Wildman–Crippen MR) is 71.9 cm³/mol. The monoisotopic (exact) mass is 220 g/mol. The lowest BCUT2D eigenvalue weighted by Gasteiger charge is -2.28. The van der Waals surface area contributed by atoms with Gasteiger partial charge in [0, 0.05) is 24.8 Å². The third-order valence-corrected chi connectivity index (χ3v) is 3.19. The Morgan fingerprint density at radius 3 is 2.19 bits per heavy atom. The fourth-order valence-corrected chi connectivity index (χ4v) is 1.69. The maximum atomic E-state index is 5.91. The Labute approximate surface area is 99.5 Å². The zero-order chi connectivity index (χ0) is 12.1. The van der Waals surface area contributed by atoms with E-state index in [9.17, 15) is 0 Å². The van der Waals surface area contributed by atoms with Gasteiger partial charge in [-0.15, -0.1) is 0 Å². The van der Waals surface area contributed by atoms with Gasteiger partial charge in [-0.3, -0.25) is 0 Å². The first kappa shape index (κ1) is 13.0. The van der Waals surface area contributed by atoms with E-state index in [1.54, 1.807) is 0 Å². The van der Waals surface area contributed by atoms with E-state index in [0.29, 0.717) is 5.92 Å². The maximum absolute atomic E-state index is 5.91. The highest BCUT2D eigenvalue weighted by molar-refractivity contribution is 5.47. The van der Waals surface area contributed by atoms with Gasteiger partial charge in [-0.25, -0.2) is 0 Å². The first-order valence-corrected chi connectivity index (χ1v) is 6.11. The Hall–Kier alpha value is -1.02. The zero-order valence-electron chi connectivity index (χ0n) is 10.9. The Morgan fingerprint density at radius 2 is 1.75 bits per heavy atom. The minimum atomic E-state index is 0.250. The maximum Gasteiger partial charge on any atom is 0.0366 e. The Morgan fingerprint density at radius 1 is 1.19 bits per heavy atom. The molecule has 2 nitrogen and oxygen atoms in total. The van der Waals surface area contributed by atoms with Crippen LogP contribution in [0.2, 0.25) is 0 Å². The van der Waals surface area contributed by atoms with E-state index in [0.717, 1.165) is 13.1 Å². The Bertz CT molecular complexity index is 303. The normalized spacial score (nSPS) is 14.6. The lowest BCUT2D eigenvalue weighted by atomic mass is 10.0. The van der Waals surface area contributed by atoms with E-state index in [1.165, 1.54) is 11.3 Å². The lowest BCUT2D eigenvalue weighted by Crippen LogP contribution is -2.36. The number of nitrogens with two attached hydrogens (primary N) is 1. The molecule has 1 rings (SSSR count). The summed E-state index contributed by atoms with van der Waals surface area (Å²) in [6, 6.07) is 8.95. The average molecular weight is 220 g/mol. The van der Waals surface area contributed by atoms with Crippen LogP contribution >= 0.6 is 0 Å². The van der Waals surface area contributed by atoms with Gasteiger partial charge >= 0.3 is 0 Å². The summed E-state index contributed by atoms with van der Waals surface area (Å²) in [4.78, 5) is 2.38. The smallest absolute Gasteiger partial charge is 0.0366 e. The van der Waals surface area contributed by atoms with Crippen molar-refractivity contribution in [3.8, 4) is 0 Å². The van der Waals surface area contributed by atoms with Crippen molar-refractivity contribution in [3.63, 3.8) is 0 Å². The summed E-state index contributed by atoms with van der Waals surface area (Å²) in [6.45, 7) is 10.6. The molecule has 2 N–H and O–H groups in total. The van der Waals surface area contributed by atoms with Crippen LogP contribution < -0.4 is 10.6 Å². The van der Waals surface area contributed by atoms with Crippen molar-refractivity contribution in [2.45, 2.75) is 33.7 Å². The molecule has 0 aromatic heterocycles. The minimum Gasteiger partial charge on any atom is -0.371 e. The van der Waals surface area contributed by atoms with Crippen LogP contribution in [0.3, 0.4) is 0 Å². The summed E-state index contributed by atoms with van der Waals surface area (Å²) in [5, 5.41) is 0. The first-order chi connectivity index (χ1) is 7.54. The number of hydrogen-bond acceptors (Lipinski definition) is 2. The summed E-state index contributed by atoms with van der Waals surface area (Å²) >= 11 is 0.